The molecule has 0 radical (unpaired) electrons. The molecule has 1 aromatic heterocycles. The van der Waals surface area contributed by atoms with Gasteiger partial charge in [0.25, 0.3) is 0 Å². The van der Waals surface area contributed by atoms with Gasteiger partial charge in [-0.05, 0) is 55.1 Å². The quantitative estimate of drug-likeness (QED) is 0.470. The largest absolute Gasteiger partial charge is 0.478 e. The molecule has 3 heterocycles. The third kappa shape index (κ3) is 5.05. The zero-order valence-electron chi connectivity index (χ0n) is 19.7. The van der Waals surface area contributed by atoms with Gasteiger partial charge in [-0.25, -0.2) is 0 Å². The molecule has 0 unspecified atom stereocenters. The third-order valence-corrected chi connectivity index (χ3v) is 6.53. The van der Waals surface area contributed by atoms with E-state index in [0.717, 1.165) is 12.1 Å². The van der Waals surface area contributed by atoms with E-state index in [0.29, 0.717) is 43.3 Å². The van der Waals surface area contributed by atoms with Crippen molar-refractivity contribution < 1.29 is 27.5 Å². The second-order valence-corrected chi connectivity index (χ2v) is 9.04. The van der Waals surface area contributed by atoms with Gasteiger partial charge in [0.05, 0.1) is 17.2 Å². The molecule has 2 N–H and O–H groups in total. The van der Waals surface area contributed by atoms with E-state index in [-0.39, 0.29) is 23.9 Å². The Bertz CT molecular complexity index is 1270. The number of benzene rings is 2. The fourth-order valence-corrected chi connectivity index (χ4v) is 4.42. The van der Waals surface area contributed by atoms with Gasteiger partial charge in [-0.2, -0.15) is 18.3 Å². The van der Waals surface area contributed by atoms with E-state index in [1.165, 1.54) is 23.2 Å². The number of anilines is 2. The number of nitrogens with one attached hydrogen (secondary N) is 2. The molecular formula is C26H24F3N5O3. The molecule has 2 fully saturated rings. The minimum Gasteiger partial charge on any atom is -0.478 e. The van der Waals surface area contributed by atoms with Gasteiger partial charge in [-0.15, -0.1) is 5.10 Å². The maximum absolute atomic E-state index is 13.4. The molecule has 0 saturated carbocycles. The lowest BCUT2D eigenvalue weighted by atomic mass is 9.90. The van der Waals surface area contributed by atoms with E-state index in [1.54, 1.807) is 36.4 Å². The Hall–Kier alpha value is -3.83. The number of rotatable bonds is 7. The molecule has 1 amide bonds. The van der Waals surface area contributed by atoms with Crippen LogP contribution in [-0.2, 0) is 11.0 Å². The first-order chi connectivity index (χ1) is 17.8. The van der Waals surface area contributed by atoms with Crippen molar-refractivity contribution in [3.05, 3.63) is 78.0 Å². The SMILES string of the molecule is O=C(C1CNC1)N(c1ccc(O[C@]2(C(=O)c3cccc(C(F)(F)F)c3)CCNC2)cc1)c1cccnn1. The minimum atomic E-state index is -4.56. The lowest BCUT2D eigenvalue weighted by Gasteiger charge is -2.32. The highest BCUT2D eigenvalue weighted by Crippen LogP contribution is 2.34. The van der Waals surface area contributed by atoms with Crippen molar-refractivity contribution in [3.8, 4) is 5.75 Å². The molecule has 1 atom stereocenters. The summed E-state index contributed by atoms with van der Waals surface area (Å²) in [7, 11) is 0. The molecule has 0 bridgehead atoms. The van der Waals surface area contributed by atoms with Crippen molar-refractivity contribution in [2.45, 2.75) is 18.2 Å². The van der Waals surface area contributed by atoms with E-state index in [1.807, 2.05) is 0 Å². The summed E-state index contributed by atoms with van der Waals surface area (Å²) in [5, 5.41) is 14.1. The number of Topliss-reactive ketones (excluding diaryl/α,β-unsaturated/α-hetero) is 1. The van der Waals surface area contributed by atoms with Crippen LogP contribution in [-0.4, -0.2) is 53.7 Å². The molecule has 5 rings (SSSR count). The van der Waals surface area contributed by atoms with E-state index in [2.05, 4.69) is 20.8 Å². The van der Waals surface area contributed by atoms with Crippen molar-refractivity contribution >= 4 is 23.2 Å². The van der Waals surface area contributed by atoms with Crippen LogP contribution in [0.1, 0.15) is 22.3 Å². The second-order valence-electron chi connectivity index (χ2n) is 9.04. The third-order valence-electron chi connectivity index (χ3n) is 6.53. The first-order valence-corrected chi connectivity index (χ1v) is 11.8. The summed E-state index contributed by atoms with van der Waals surface area (Å²) in [6.07, 6.45) is -2.75. The lowest BCUT2D eigenvalue weighted by molar-refractivity contribution is -0.137. The summed E-state index contributed by atoms with van der Waals surface area (Å²) in [5.41, 5.74) is -1.76. The van der Waals surface area contributed by atoms with E-state index in [4.69, 9.17) is 4.74 Å². The molecule has 0 spiro atoms. The Balaban J connectivity index is 1.41. The molecule has 0 aliphatic carbocycles. The van der Waals surface area contributed by atoms with E-state index in [9.17, 15) is 22.8 Å². The molecule has 3 aromatic rings. The predicted molar refractivity (Wildman–Crippen MR) is 129 cm³/mol. The highest BCUT2D eigenvalue weighted by atomic mass is 19.4. The van der Waals surface area contributed by atoms with Crippen molar-refractivity contribution in [1.82, 2.24) is 20.8 Å². The summed E-state index contributed by atoms with van der Waals surface area (Å²) in [4.78, 5) is 28.0. The van der Waals surface area contributed by atoms with Crippen LogP contribution >= 0.6 is 0 Å². The zero-order valence-corrected chi connectivity index (χ0v) is 19.7. The van der Waals surface area contributed by atoms with Crippen LogP contribution in [0.2, 0.25) is 0 Å². The van der Waals surface area contributed by atoms with Crippen LogP contribution < -0.4 is 20.3 Å². The fourth-order valence-electron chi connectivity index (χ4n) is 4.42. The van der Waals surface area contributed by atoms with Crippen molar-refractivity contribution in [2.75, 3.05) is 31.1 Å². The number of halogens is 3. The fraction of sp³-hybridized carbons (Fsp3) is 0.308. The molecule has 37 heavy (non-hydrogen) atoms. The monoisotopic (exact) mass is 511 g/mol. The number of carbonyl (C=O) groups is 2. The van der Waals surface area contributed by atoms with Crippen LogP contribution in [0.4, 0.5) is 24.7 Å². The zero-order chi connectivity index (χ0) is 26.0. The van der Waals surface area contributed by atoms with Gasteiger partial charge in [0.2, 0.25) is 11.7 Å². The Morgan fingerprint density at radius 3 is 2.41 bits per heavy atom. The standard InChI is InChI=1S/C26H24F3N5O3/c27-26(28,29)19-4-1-3-17(13-19)23(35)25(10-12-30-16-25)37-21-8-6-20(7-9-21)34(22-5-2-11-32-33-22)24(36)18-14-31-15-18/h1-9,11,13,18,30-31H,10,12,14-16H2/t25-/m1/s1. The number of aromatic nitrogens is 2. The normalized spacial score (nSPS) is 19.8. The number of ether oxygens (including phenoxy) is 1. The molecule has 2 aliphatic rings. The van der Waals surface area contributed by atoms with Gasteiger partial charge in [0.1, 0.15) is 5.75 Å². The predicted octanol–water partition coefficient (Wildman–Crippen LogP) is 3.37. The van der Waals surface area contributed by atoms with Gasteiger partial charge in [0, 0.05) is 37.8 Å². The van der Waals surface area contributed by atoms with Gasteiger partial charge in [-0.1, -0.05) is 12.1 Å². The summed E-state index contributed by atoms with van der Waals surface area (Å²) in [5.74, 6) is -0.102. The van der Waals surface area contributed by atoms with Crippen molar-refractivity contribution in [1.29, 1.82) is 0 Å². The van der Waals surface area contributed by atoms with Crippen molar-refractivity contribution in [2.24, 2.45) is 5.92 Å². The molecule has 8 nitrogen and oxygen atoms in total. The minimum absolute atomic E-state index is 0.0660. The highest BCUT2D eigenvalue weighted by molar-refractivity contribution is 6.03. The first kappa shape index (κ1) is 24.8. The van der Waals surface area contributed by atoms with E-state index >= 15 is 0 Å². The molecule has 11 heteroatoms. The molecule has 2 aliphatic heterocycles. The number of alkyl halides is 3. The average Bonchev–Trinajstić information content (AvgIpc) is 3.33. The maximum atomic E-state index is 13.4. The topological polar surface area (TPSA) is 96.5 Å². The van der Waals surface area contributed by atoms with Crippen LogP contribution in [0.25, 0.3) is 0 Å². The van der Waals surface area contributed by atoms with Crippen LogP contribution in [0.15, 0.2) is 66.9 Å². The molecule has 2 saturated heterocycles. The summed E-state index contributed by atoms with van der Waals surface area (Å²) in [6.45, 7) is 1.78. The summed E-state index contributed by atoms with van der Waals surface area (Å²) >= 11 is 0. The molecule has 192 valence electrons. The van der Waals surface area contributed by atoms with Crippen LogP contribution in [0, 0.1) is 5.92 Å². The number of nitrogens with zero attached hydrogens (tertiary/aromatic N) is 3. The van der Waals surface area contributed by atoms with Crippen molar-refractivity contribution in [3.63, 3.8) is 0 Å². The number of hydrogen-bond donors (Lipinski definition) is 2. The summed E-state index contributed by atoms with van der Waals surface area (Å²) in [6, 6.07) is 14.4. The first-order valence-electron chi connectivity index (χ1n) is 11.8. The Morgan fingerprint density at radius 1 is 1.03 bits per heavy atom. The maximum Gasteiger partial charge on any atom is 0.416 e. The number of carbonyl (C=O) groups excluding carboxylic acids is 2. The average molecular weight is 512 g/mol. The molecule has 2 aromatic carbocycles. The van der Waals surface area contributed by atoms with E-state index < -0.39 is 23.1 Å². The highest BCUT2D eigenvalue weighted by Gasteiger charge is 2.45. The van der Waals surface area contributed by atoms with Crippen LogP contribution in [0.3, 0.4) is 0 Å². The smallest absolute Gasteiger partial charge is 0.416 e. The number of amides is 1. The van der Waals surface area contributed by atoms with Gasteiger partial charge < -0.3 is 15.4 Å². The van der Waals surface area contributed by atoms with Crippen LogP contribution in [0.5, 0.6) is 5.75 Å². The Morgan fingerprint density at radius 2 is 1.81 bits per heavy atom. The van der Waals surface area contributed by atoms with Gasteiger partial charge in [0.15, 0.2) is 11.4 Å². The lowest BCUT2D eigenvalue weighted by Crippen LogP contribution is -2.51. The Labute approximate surface area is 210 Å². The number of ketones is 1. The van der Waals surface area contributed by atoms with Gasteiger partial charge in [-0.3, -0.25) is 14.5 Å². The molecular weight excluding hydrogens is 487 g/mol. The number of hydrogen-bond acceptors (Lipinski definition) is 7. The Kier molecular flexibility index (Phi) is 6.65. The summed E-state index contributed by atoms with van der Waals surface area (Å²) < 4.78 is 45.8. The van der Waals surface area contributed by atoms with Gasteiger partial charge >= 0.3 is 6.18 Å². The second kappa shape index (κ2) is 9.91.